The highest BCUT2D eigenvalue weighted by Crippen LogP contribution is 2.40. The molecule has 0 bridgehead atoms. The molecule has 1 aliphatic rings. The van der Waals surface area contributed by atoms with Gasteiger partial charge >= 0.3 is 0 Å². The Morgan fingerprint density at radius 1 is 1.03 bits per heavy atom. The second-order valence-electron chi connectivity index (χ2n) is 8.05. The van der Waals surface area contributed by atoms with E-state index in [2.05, 4.69) is 67.3 Å². The molecular weight excluding hydrogens is 418 g/mol. The summed E-state index contributed by atoms with van der Waals surface area (Å²) in [4.78, 5) is 8.92. The molecule has 3 aromatic heterocycles. The fraction of sp³-hybridized carbons (Fsp3) is 0.200. The third kappa shape index (κ3) is 3.76. The van der Waals surface area contributed by atoms with E-state index in [4.69, 9.17) is 16.6 Å². The number of nitrogens with zero attached hydrogens (tertiary/aromatic N) is 4. The Morgan fingerprint density at radius 3 is 2.56 bits per heavy atom. The maximum atomic E-state index is 5.78. The van der Waals surface area contributed by atoms with Crippen molar-refractivity contribution in [3.05, 3.63) is 103 Å². The summed E-state index contributed by atoms with van der Waals surface area (Å²) in [7, 11) is 4.09. The van der Waals surface area contributed by atoms with Gasteiger partial charge in [-0.2, -0.15) is 0 Å². The van der Waals surface area contributed by atoms with Crippen molar-refractivity contribution >= 4 is 23.0 Å². The molecule has 4 aromatic rings. The quantitative estimate of drug-likeness (QED) is 0.436. The normalized spacial score (nSPS) is 18.1. The van der Waals surface area contributed by atoms with Gasteiger partial charge in [-0.25, -0.2) is 0 Å². The van der Waals surface area contributed by atoms with Crippen LogP contribution in [0.1, 0.15) is 29.2 Å². The summed E-state index contributed by atoms with van der Waals surface area (Å²) in [5, 5.41) is 4.20. The molecule has 1 aromatic carbocycles. The van der Waals surface area contributed by atoms with Crippen LogP contribution in [-0.2, 0) is 6.54 Å². The summed E-state index contributed by atoms with van der Waals surface area (Å²) >= 11 is 5.78. The first-order valence-electron chi connectivity index (χ1n) is 10.6. The lowest BCUT2D eigenvalue weighted by Crippen LogP contribution is -2.29. The van der Waals surface area contributed by atoms with Crippen LogP contribution in [0.3, 0.4) is 0 Å². The van der Waals surface area contributed by atoms with E-state index in [9.17, 15) is 0 Å². The van der Waals surface area contributed by atoms with Crippen LogP contribution in [0.25, 0.3) is 5.69 Å². The minimum atomic E-state index is -0.0756. The lowest BCUT2D eigenvalue weighted by atomic mass is 10.0. The largest absolute Gasteiger partial charge is 0.467 e. The van der Waals surface area contributed by atoms with Crippen molar-refractivity contribution in [3.8, 4) is 5.69 Å². The molecule has 5 rings (SSSR count). The first kappa shape index (κ1) is 20.3. The van der Waals surface area contributed by atoms with Gasteiger partial charge in [0, 0.05) is 43.6 Å². The molecule has 0 saturated carbocycles. The van der Waals surface area contributed by atoms with E-state index in [0.29, 0.717) is 11.7 Å². The standard InChI is InChI=1S/C25H25N5OS/c1-28(2)18-10-12-19(13-11-18)29-15-5-9-22(29)24-23(21-8-3-4-14-26-21)27-25(32)30(24)17-20-7-6-16-31-20/h3-16,23-24H,17H2,1-2H3,(H,27,32)/t23-,24-/m0/s1. The van der Waals surface area contributed by atoms with Gasteiger partial charge < -0.3 is 24.1 Å². The Kier molecular flexibility index (Phi) is 5.41. The average molecular weight is 444 g/mol. The molecule has 2 atom stereocenters. The first-order chi connectivity index (χ1) is 15.6. The van der Waals surface area contributed by atoms with E-state index < -0.39 is 0 Å². The maximum Gasteiger partial charge on any atom is 0.170 e. The summed E-state index contributed by atoms with van der Waals surface area (Å²) in [5.41, 5.74) is 4.36. The zero-order valence-corrected chi connectivity index (χ0v) is 18.9. The zero-order chi connectivity index (χ0) is 22.1. The molecule has 162 valence electrons. The van der Waals surface area contributed by atoms with Crippen molar-refractivity contribution in [2.24, 2.45) is 0 Å². The van der Waals surface area contributed by atoms with Crippen molar-refractivity contribution in [2.75, 3.05) is 19.0 Å². The van der Waals surface area contributed by atoms with Crippen LogP contribution in [-0.4, -0.2) is 33.7 Å². The monoisotopic (exact) mass is 443 g/mol. The van der Waals surface area contributed by atoms with Crippen molar-refractivity contribution in [3.63, 3.8) is 0 Å². The Morgan fingerprint density at radius 2 is 1.88 bits per heavy atom. The number of pyridine rings is 1. The lowest BCUT2D eigenvalue weighted by molar-refractivity contribution is 0.280. The molecule has 6 nitrogen and oxygen atoms in total. The molecule has 7 heteroatoms. The fourth-order valence-corrected chi connectivity index (χ4v) is 4.55. The predicted molar refractivity (Wildman–Crippen MR) is 130 cm³/mol. The third-order valence-corrected chi connectivity index (χ3v) is 6.18. The number of thiocarbonyl (C=S) groups is 1. The molecule has 0 radical (unpaired) electrons. The lowest BCUT2D eigenvalue weighted by Gasteiger charge is -2.28. The van der Waals surface area contributed by atoms with Crippen LogP contribution in [0.15, 0.2) is 89.8 Å². The minimum Gasteiger partial charge on any atom is -0.467 e. The summed E-state index contributed by atoms with van der Waals surface area (Å²) in [6.07, 6.45) is 5.62. The molecule has 0 spiro atoms. The topological polar surface area (TPSA) is 49.5 Å². The fourth-order valence-electron chi connectivity index (χ4n) is 4.25. The number of hydrogen-bond donors (Lipinski definition) is 1. The van der Waals surface area contributed by atoms with Crippen LogP contribution in [0.2, 0.25) is 0 Å². The highest BCUT2D eigenvalue weighted by Gasteiger charge is 2.41. The summed E-state index contributed by atoms with van der Waals surface area (Å²) < 4.78 is 7.87. The second-order valence-corrected chi connectivity index (χ2v) is 8.43. The SMILES string of the molecule is CN(C)c1ccc(-n2cccc2[C@H]2[C@H](c3ccccn3)NC(=S)N2Cc2ccco2)cc1. The molecular formula is C25H25N5OS. The third-order valence-electron chi connectivity index (χ3n) is 5.83. The van der Waals surface area contributed by atoms with Crippen molar-refractivity contribution < 1.29 is 4.42 Å². The van der Waals surface area contributed by atoms with E-state index in [1.807, 2.05) is 50.6 Å². The number of rotatable bonds is 6. The molecule has 0 unspecified atom stereocenters. The van der Waals surface area contributed by atoms with Gasteiger partial charge in [-0.15, -0.1) is 0 Å². The number of hydrogen-bond acceptors (Lipinski definition) is 4. The maximum absolute atomic E-state index is 5.78. The Labute approximate surface area is 193 Å². The van der Waals surface area contributed by atoms with Gasteiger partial charge in [0.2, 0.25) is 0 Å². The minimum absolute atomic E-state index is 0.0500. The number of furan rings is 1. The number of aromatic nitrogens is 2. The highest BCUT2D eigenvalue weighted by molar-refractivity contribution is 7.80. The zero-order valence-electron chi connectivity index (χ0n) is 18.1. The molecule has 32 heavy (non-hydrogen) atoms. The average Bonchev–Trinajstić information content (AvgIpc) is 3.56. The van der Waals surface area contributed by atoms with Gasteiger partial charge in [0.15, 0.2) is 5.11 Å². The van der Waals surface area contributed by atoms with Gasteiger partial charge in [0.25, 0.3) is 0 Å². The Hall–Kier alpha value is -3.58. The molecule has 0 amide bonds. The Bertz CT molecular complexity index is 1180. The van der Waals surface area contributed by atoms with Crippen LogP contribution in [0, 0.1) is 0 Å². The van der Waals surface area contributed by atoms with Crippen LogP contribution in [0.4, 0.5) is 5.69 Å². The smallest absolute Gasteiger partial charge is 0.170 e. The molecule has 1 N–H and O–H groups in total. The van der Waals surface area contributed by atoms with E-state index in [-0.39, 0.29) is 12.1 Å². The van der Waals surface area contributed by atoms with Crippen LogP contribution < -0.4 is 10.2 Å². The van der Waals surface area contributed by atoms with E-state index in [0.717, 1.165) is 28.5 Å². The molecule has 1 saturated heterocycles. The van der Waals surface area contributed by atoms with Gasteiger partial charge in [-0.1, -0.05) is 6.07 Å². The van der Waals surface area contributed by atoms with Gasteiger partial charge in [0.05, 0.1) is 30.6 Å². The highest BCUT2D eigenvalue weighted by atomic mass is 32.1. The number of anilines is 1. The van der Waals surface area contributed by atoms with Crippen LogP contribution in [0.5, 0.6) is 0 Å². The summed E-state index contributed by atoms with van der Waals surface area (Å²) in [5.74, 6) is 0.870. The van der Waals surface area contributed by atoms with Gasteiger partial charge in [-0.3, -0.25) is 4.98 Å². The van der Waals surface area contributed by atoms with Crippen molar-refractivity contribution in [1.82, 2.24) is 19.8 Å². The van der Waals surface area contributed by atoms with Crippen molar-refractivity contribution in [1.29, 1.82) is 0 Å². The van der Waals surface area contributed by atoms with E-state index >= 15 is 0 Å². The Balaban J connectivity index is 1.57. The number of benzene rings is 1. The summed E-state index contributed by atoms with van der Waals surface area (Å²) in [6.45, 7) is 0.581. The molecule has 4 heterocycles. The number of nitrogens with one attached hydrogen (secondary N) is 1. The van der Waals surface area contributed by atoms with E-state index in [1.54, 1.807) is 6.26 Å². The second kappa shape index (κ2) is 8.51. The van der Waals surface area contributed by atoms with Crippen LogP contribution >= 0.6 is 12.2 Å². The van der Waals surface area contributed by atoms with Crippen molar-refractivity contribution in [2.45, 2.75) is 18.6 Å². The van der Waals surface area contributed by atoms with Gasteiger partial charge in [0.1, 0.15) is 5.76 Å². The van der Waals surface area contributed by atoms with E-state index in [1.165, 1.54) is 0 Å². The molecule has 1 fully saturated rings. The van der Waals surface area contributed by atoms with Gasteiger partial charge in [-0.05, 0) is 72.9 Å². The predicted octanol–water partition coefficient (Wildman–Crippen LogP) is 4.70. The molecule has 0 aliphatic carbocycles. The summed E-state index contributed by atoms with van der Waals surface area (Å²) in [6, 6.07) is 22.5. The first-order valence-corrected chi connectivity index (χ1v) is 11.0. The molecule has 1 aliphatic heterocycles.